The van der Waals surface area contributed by atoms with Gasteiger partial charge < -0.3 is 101 Å². The summed E-state index contributed by atoms with van der Waals surface area (Å²) < 4.78 is 0. The Bertz CT molecular complexity index is 3220. The number of nitrogens with two attached hydrogens (primary N) is 13. The van der Waals surface area contributed by atoms with E-state index < -0.39 is 0 Å². The molecule has 0 amide bonds. The van der Waals surface area contributed by atoms with Crippen molar-refractivity contribution in [3.05, 3.63) is 253 Å². The highest BCUT2D eigenvalue weighted by Crippen LogP contribution is 2.22. The second-order valence-corrected chi connectivity index (χ2v) is 17.8. The van der Waals surface area contributed by atoms with E-state index in [4.69, 9.17) is 95.9 Å². The van der Waals surface area contributed by atoms with Crippen LogP contribution in [0.4, 0.5) is 68.2 Å². The van der Waals surface area contributed by atoms with Crippen LogP contribution in [0, 0.1) is 21.6 Å². The van der Waals surface area contributed by atoms with Gasteiger partial charge in [-0.25, -0.2) is 4.99 Å². The molecule has 0 aliphatic heterocycles. The molecule has 0 atom stereocenters. The van der Waals surface area contributed by atoms with E-state index in [0.29, 0.717) is 68.4 Å². The maximum absolute atomic E-state index is 7.01. The largest absolute Gasteiger partial charge is 0.412 e. The predicted molar refractivity (Wildman–Crippen MR) is 349 cm³/mol. The first-order chi connectivity index (χ1) is 38.1. The quantitative estimate of drug-likeness (QED) is 0.0509. The Morgan fingerprint density at radius 3 is 0.915 bits per heavy atom. The third-order valence-corrected chi connectivity index (χ3v) is 10.9. The number of hydrogen-bond acceptors (Lipinski definition) is 17. The normalized spacial score (nSPS) is 12.6. The van der Waals surface area contributed by atoms with E-state index in [0.717, 1.165) is 63.8 Å². The summed E-state index contributed by atoms with van der Waals surface area (Å²) in [5, 5.41) is 33.8. The van der Waals surface area contributed by atoms with Crippen molar-refractivity contribution in [2.45, 2.75) is 12.8 Å². The van der Waals surface area contributed by atoms with Crippen LogP contribution in [0.25, 0.3) is 0 Å². The number of hydrogen-bond donors (Lipinski definition) is 17. The summed E-state index contributed by atoms with van der Waals surface area (Å²) in [7, 11) is 0. The molecule has 0 saturated heterocycles. The maximum Gasteiger partial charge on any atom is 0.224 e. The lowest BCUT2D eigenvalue weighted by Gasteiger charge is -2.07. The Labute approximate surface area is 477 Å². The molecule has 3 aliphatic rings. The average Bonchev–Trinajstić information content (AvgIpc) is 3.42. The number of nitrogen functional groups attached to an aromatic ring is 11. The molecule has 3 aliphatic carbocycles. The summed E-state index contributed by atoms with van der Waals surface area (Å²) in [5.41, 5.74) is 84.1. The minimum Gasteiger partial charge on any atom is -0.412 e. The summed E-state index contributed by atoms with van der Waals surface area (Å²) in [6.07, 6.45) is 19.6. The van der Waals surface area contributed by atoms with E-state index >= 15 is 0 Å². The van der Waals surface area contributed by atoms with Gasteiger partial charge in [-0.15, -0.1) is 0 Å². The van der Waals surface area contributed by atoms with Gasteiger partial charge in [0.05, 0.1) is 28.5 Å². The van der Waals surface area contributed by atoms with Crippen molar-refractivity contribution < 1.29 is 16.4 Å². The zero-order valence-electron chi connectivity index (χ0n) is 45.2. The van der Waals surface area contributed by atoms with Crippen LogP contribution in [0.5, 0.6) is 0 Å². The SMILES string of the molecule is N=C1C=CC(=N)C=C1.N=C1C=CC(=N)C=C1.NC1=CC(=[NH2+])C(=Nc2ccc(N)cc2)C=C1.Nc1ccc(Cc2ccc(N)cc2N)cc1.Nc1ccc(Cc2ccc(N)cc2N)cc1.Nc1ccc(N)cc1.Nc1cccc(N)c1.O.O. The predicted octanol–water partition coefficient (Wildman–Crippen LogP) is 6.36. The topological polar surface area (TPSA) is 509 Å². The van der Waals surface area contributed by atoms with Crippen molar-refractivity contribution in [2.75, 3.05) is 63.1 Å². The fourth-order valence-electron chi connectivity index (χ4n) is 6.62. The van der Waals surface area contributed by atoms with Crippen molar-refractivity contribution in [3.8, 4) is 0 Å². The molecule has 20 nitrogen and oxygen atoms in total. The van der Waals surface area contributed by atoms with Gasteiger partial charge in [0.2, 0.25) is 5.71 Å². The number of aliphatic imine (C=N–C) groups is 1. The molecule has 0 aromatic heterocycles. The van der Waals surface area contributed by atoms with Gasteiger partial charge in [-0.05, 0) is 211 Å². The number of nitrogens with one attached hydrogen (secondary N) is 4. The fraction of sp³-hybridized carbons (Fsp3) is 0.0323. The first kappa shape index (κ1) is 66.6. The van der Waals surface area contributed by atoms with Gasteiger partial charge in [-0.2, -0.15) is 0 Å². The molecule has 0 fully saturated rings. The van der Waals surface area contributed by atoms with Gasteiger partial charge in [-0.1, -0.05) is 42.5 Å². The number of benzene rings is 7. The summed E-state index contributed by atoms with van der Waals surface area (Å²) in [6, 6.07) is 48.3. The lowest BCUT2D eigenvalue weighted by atomic mass is 10.0. The van der Waals surface area contributed by atoms with Crippen molar-refractivity contribution in [3.63, 3.8) is 0 Å². The Morgan fingerprint density at radius 1 is 0.329 bits per heavy atom. The molecular weight excluding hydrogens is 1030 g/mol. The zero-order chi connectivity index (χ0) is 58.6. The number of rotatable bonds is 5. The molecule has 7 aromatic carbocycles. The van der Waals surface area contributed by atoms with Crippen molar-refractivity contribution in [1.82, 2.24) is 0 Å². The summed E-state index contributed by atoms with van der Waals surface area (Å²) in [4.78, 5) is 4.39. The summed E-state index contributed by atoms with van der Waals surface area (Å²) >= 11 is 0. The van der Waals surface area contributed by atoms with Gasteiger partial charge in [-0.3, -0.25) is 5.41 Å². The molecular formula is C62H75N18O2+. The third kappa shape index (κ3) is 26.0. The minimum atomic E-state index is 0. The van der Waals surface area contributed by atoms with Crippen LogP contribution in [0.1, 0.15) is 22.3 Å². The molecule has 0 radical (unpaired) electrons. The molecule has 0 saturated carbocycles. The van der Waals surface area contributed by atoms with Crippen LogP contribution in [-0.4, -0.2) is 45.2 Å². The Kier molecular flexibility index (Phi) is 27.9. The lowest BCUT2D eigenvalue weighted by molar-refractivity contribution is -0.108. The standard InChI is InChI=1S/2C13H15N3.C12H12N4.C6H8N2.2C6H6N2.C6H8N2.2H2O/c2*14-11-4-1-9(2-5-11)7-10-3-6-12(15)8-13(10)16;13-8-1-4-10(5-2-8)16-12-6-3-9(14)7-11(12)15;3*7-5-1-2-6(8)4-3-5;7-5-2-1-3-6(8)4-5;;/h2*1-6,8H,7,14-16H2;1-7,15H,13-14H2;1-4H,7-8H2;2*1-4,7-8H;1-4H,7-8H2;2*1H2/p+1. The fourth-order valence-corrected chi connectivity index (χ4v) is 6.62. The van der Waals surface area contributed by atoms with Gasteiger partial charge in [0.15, 0.2) is 0 Å². The molecule has 82 heavy (non-hydrogen) atoms. The zero-order valence-corrected chi connectivity index (χ0v) is 45.2. The molecule has 34 N–H and O–H groups in total. The molecule has 10 rings (SSSR count). The van der Waals surface area contributed by atoms with E-state index in [1.54, 1.807) is 134 Å². The molecule has 0 bridgehead atoms. The first-order valence-electron chi connectivity index (χ1n) is 24.6. The molecule has 0 spiro atoms. The van der Waals surface area contributed by atoms with E-state index in [2.05, 4.69) is 4.99 Å². The van der Waals surface area contributed by atoms with E-state index in [-0.39, 0.29) is 11.0 Å². The van der Waals surface area contributed by atoms with Gasteiger partial charge in [0.25, 0.3) is 0 Å². The Hall–Kier alpha value is -11.5. The van der Waals surface area contributed by atoms with Crippen LogP contribution in [-0.2, 0) is 12.8 Å². The van der Waals surface area contributed by atoms with Crippen molar-refractivity contribution in [1.29, 1.82) is 21.6 Å². The van der Waals surface area contributed by atoms with E-state index in [1.165, 1.54) is 11.1 Å². The minimum absolute atomic E-state index is 0. The Morgan fingerprint density at radius 2 is 0.622 bits per heavy atom. The van der Waals surface area contributed by atoms with Gasteiger partial charge >= 0.3 is 0 Å². The van der Waals surface area contributed by atoms with Crippen LogP contribution in [0.3, 0.4) is 0 Å². The second-order valence-electron chi connectivity index (χ2n) is 17.8. The molecule has 424 valence electrons. The van der Waals surface area contributed by atoms with Crippen LogP contribution >= 0.6 is 0 Å². The number of allylic oxidation sites excluding steroid dienone is 11. The van der Waals surface area contributed by atoms with Crippen LogP contribution < -0.4 is 74.2 Å². The molecule has 0 unspecified atom stereocenters. The third-order valence-electron chi connectivity index (χ3n) is 10.9. The first-order valence-corrected chi connectivity index (χ1v) is 24.6. The number of nitrogens with zero attached hydrogens (tertiary/aromatic N) is 1. The maximum atomic E-state index is 7.01. The highest BCUT2D eigenvalue weighted by atomic mass is 16.0. The summed E-state index contributed by atoms with van der Waals surface area (Å²) in [5.74, 6) is 0. The van der Waals surface area contributed by atoms with Crippen LogP contribution in [0.2, 0.25) is 0 Å². The monoisotopic (exact) mass is 1100 g/mol. The molecule has 7 aromatic rings. The molecule has 20 heteroatoms. The summed E-state index contributed by atoms with van der Waals surface area (Å²) in [6.45, 7) is 0. The van der Waals surface area contributed by atoms with Gasteiger partial charge in [0, 0.05) is 74.3 Å². The lowest BCUT2D eigenvalue weighted by Crippen LogP contribution is -2.44. The van der Waals surface area contributed by atoms with E-state index in [9.17, 15) is 0 Å². The van der Waals surface area contributed by atoms with E-state index in [1.807, 2.05) is 91.0 Å². The van der Waals surface area contributed by atoms with Crippen molar-refractivity contribution >= 4 is 103 Å². The Balaban J connectivity index is 0.000000333. The highest BCUT2D eigenvalue weighted by Gasteiger charge is 2.12. The van der Waals surface area contributed by atoms with Crippen LogP contribution in [0.15, 0.2) is 235 Å². The highest BCUT2D eigenvalue weighted by molar-refractivity contribution is 6.49. The average molecular weight is 1100 g/mol. The smallest absolute Gasteiger partial charge is 0.224 e. The van der Waals surface area contributed by atoms with Gasteiger partial charge in [0.1, 0.15) is 5.71 Å². The van der Waals surface area contributed by atoms with Crippen molar-refractivity contribution in [2.24, 2.45) is 10.7 Å². The number of anilines is 11. The second kappa shape index (κ2) is 34.3. The molecule has 0 heterocycles.